The Bertz CT molecular complexity index is 891. The molecule has 1 aliphatic rings. The van der Waals surface area contributed by atoms with Crippen LogP contribution in [-0.4, -0.2) is 31.0 Å². The average Bonchev–Trinajstić information content (AvgIpc) is 3.29. The molecule has 0 bridgehead atoms. The number of hydrogen-bond acceptors (Lipinski definition) is 6. The van der Waals surface area contributed by atoms with Gasteiger partial charge in [0.1, 0.15) is 0 Å². The molecular formula is C19H19N3O3. The van der Waals surface area contributed by atoms with Crippen molar-refractivity contribution in [3.8, 4) is 23.0 Å². The molecule has 3 aromatic rings. The number of hydrogen-bond donors (Lipinski definition) is 0. The Balaban J connectivity index is 1.55. The fraction of sp³-hybridized carbons (Fsp3) is 0.263. The smallest absolute Gasteiger partial charge is 0.247 e. The van der Waals surface area contributed by atoms with Crippen molar-refractivity contribution < 1.29 is 13.9 Å². The minimum absolute atomic E-state index is 0.475. The lowest BCUT2D eigenvalue weighted by molar-refractivity contribution is 0.355. The number of rotatable bonds is 5. The summed E-state index contributed by atoms with van der Waals surface area (Å²) >= 11 is 0. The van der Waals surface area contributed by atoms with Gasteiger partial charge in [0.2, 0.25) is 11.8 Å². The minimum atomic E-state index is 0.475. The second-order valence-corrected chi connectivity index (χ2v) is 5.87. The predicted octanol–water partition coefficient (Wildman–Crippen LogP) is 3.32. The van der Waals surface area contributed by atoms with Crippen molar-refractivity contribution in [1.82, 2.24) is 10.2 Å². The summed E-state index contributed by atoms with van der Waals surface area (Å²) in [6, 6.07) is 14.0. The second-order valence-electron chi connectivity index (χ2n) is 5.87. The summed E-state index contributed by atoms with van der Waals surface area (Å²) in [7, 11) is 3.21. The number of aromatic nitrogens is 2. The molecule has 1 aromatic heterocycles. The van der Waals surface area contributed by atoms with Gasteiger partial charge in [0.05, 0.1) is 20.8 Å². The normalized spacial score (nSPS) is 13.0. The lowest BCUT2D eigenvalue weighted by atomic mass is 10.2. The largest absolute Gasteiger partial charge is 0.493 e. The first-order chi connectivity index (χ1) is 12.3. The summed E-state index contributed by atoms with van der Waals surface area (Å²) in [5, 5.41) is 8.37. The Morgan fingerprint density at radius 1 is 1.04 bits per heavy atom. The molecule has 0 N–H and O–H groups in total. The molecule has 6 nitrogen and oxygen atoms in total. The molecule has 0 fully saturated rings. The Morgan fingerprint density at radius 3 is 2.72 bits per heavy atom. The first-order valence-electron chi connectivity index (χ1n) is 8.16. The van der Waals surface area contributed by atoms with Crippen LogP contribution in [0.2, 0.25) is 0 Å². The van der Waals surface area contributed by atoms with Crippen molar-refractivity contribution in [2.75, 3.05) is 25.7 Å². The average molecular weight is 337 g/mol. The molecular weight excluding hydrogens is 318 g/mol. The van der Waals surface area contributed by atoms with E-state index in [0.717, 1.165) is 18.5 Å². The minimum Gasteiger partial charge on any atom is -0.493 e. The zero-order chi connectivity index (χ0) is 17.2. The molecule has 2 aromatic carbocycles. The van der Waals surface area contributed by atoms with E-state index in [1.54, 1.807) is 14.2 Å². The van der Waals surface area contributed by atoms with Crippen LogP contribution in [0.5, 0.6) is 11.5 Å². The van der Waals surface area contributed by atoms with Crippen molar-refractivity contribution in [1.29, 1.82) is 0 Å². The predicted molar refractivity (Wildman–Crippen MR) is 94.0 cm³/mol. The van der Waals surface area contributed by atoms with Crippen LogP contribution in [0.15, 0.2) is 46.9 Å². The third-order valence-electron chi connectivity index (χ3n) is 4.41. The first kappa shape index (κ1) is 15.5. The molecule has 0 atom stereocenters. The molecule has 4 rings (SSSR count). The summed E-state index contributed by atoms with van der Waals surface area (Å²) in [6.07, 6.45) is 1.05. The second kappa shape index (κ2) is 6.47. The number of fused-ring (bicyclic) bond motifs is 1. The van der Waals surface area contributed by atoms with Gasteiger partial charge in [-0.15, -0.1) is 10.2 Å². The van der Waals surface area contributed by atoms with Gasteiger partial charge in [-0.3, -0.25) is 0 Å². The van der Waals surface area contributed by atoms with E-state index in [4.69, 9.17) is 13.9 Å². The maximum absolute atomic E-state index is 5.86. The number of benzene rings is 2. The molecule has 0 spiro atoms. The zero-order valence-corrected chi connectivity index (χ0v) is 14.2. The molecule has 1 aliphatic heterocycles. The van der Waals surface area contributed by atoms with Gasteiger partial charge < -0.3 is 18.8 Å². The van der Waals surface area contributed by atoms with Gasteiger partial charge in [-0.05, 0) is 36.2 Å². The van der Waals surface area contributed by atoms with Crippen LogP contribution in [0.25, 0.3) is 11.5 Å². The van der Waals surface area contributed by atoms with Crippen molar-refractivity contribution in [2.45, 2.75) is 13.0 Å². The molecule has 0 aliphatic carbocycles. The molecule has 2 heterocycles. The van der Waals surface area contributed by atoms with Crippen molar-refractivity contribution >= 4 is 5.69 Å². The molecule has 0 amide bonds. The van der Waals surface area contributed by atoms with E-state index in [1.165, 1.54) is 11.3 Å². The maximum atomic E-state index is 5.86. The van der Waals surface area contributed by atoms with Gasteiger partial charge in [0.25, 0.3) is 0 Å². The van der Waals surface area contributed by atoms with E-state index in [2.05, 4.69) is 39.4 Å². The van der Waals surface area contributed by atoms with Crippen LogP contribution in [0.3, 0.4) is 0 Å². The molecule has 128 valence electrons. The van der Waals surface area contributed by atoms with E-state index >= 15 is 0 Å². The van der Waals surface area contributed by atoms with Crippen LogP contribution < -0.4 is 14.4 Å². The lowest BCUT2D eigenvalue weighted by Crippen LogP contribution is -2.19. The van der Waals surface area contributed by atoms with Gasteiger partial charge in [0.15, 0.2) is 11.5 Å². The van der Waals surface area contributed by atoms with E-state index in [-0.39, 0.29) is 0 Å². The summed E-state index contributed by atoms with van der Waals surface area (Å²) in [5.74, 6) is 2.37. The van der Waals surface area contributed by atoms with Gasteiger partial charge in [0, 0.05) is 17.8 Å². The van der Waals surface area contributed by atoms with Crippen molar-refractivity contribution in [3.05, 3.63) is 53.9 Å². The van der Waals surface area contributed by atoms with Crippen molar-refractivity contribution in [3.63, 3.8) is 0 Å². The van der Waals surface area contributed by atoms with Gasteiger partial charge in [-0.25, -0.2) is 0 Å². The molecule has 0 radical (unpaired) electrons. The third kappa shape index (κ3) is 2.91. The van der Waals surface area contributed by atoms with E-state index in [9.17, 15) is 0 Å². The highest BCUT2D eigenvalue weighted by Gasteiger charge is 2.21. The quantitative estimate of drug-likeness (QED) is 0.712. The standard InChI is InChI=1S/C19H19N3O3/c1-23-16-8-7-14(11-17(16)24-2)19-21-20-18(25-19)12-22-10-9-13-5-3-4-6-15(13)22/h3-8,11H,9-10,12H2,1-2H3. The summed E-state index contributed by atoms with van der Waals surface area (Å²) < 4.78 is 16.4. The van der Waals surface area contributed by atoms with Crippen LogP contribution in [0, 0.1) is 0 Å². The molecule has 0 saturated carbocycles. The summed E-state index contributed by atoms with van der Waals surface area (Å²) in [4.78, 5) is 2.27. The number of anilines is 1. The van der Waals surface area contributed by atoms with Gasteiger partial charge >= 0.3 is 0 Å². The van der Waals surface area contributed by atoms with Crippen LogP contribution in [0.1, 0.15) is 11.5 Å². The SMILES string of the molecule is COc1ccc(-c2nnc(CN3CCc4ccccc43)o2)cc1OC. The number of methoxy groups -OCH3 is 2. The highest BCUT2D eigenvalue weighted by atomic mass is 16.5. The zero-order valence-electron chi connectivity index (χ0n) is 14.2. The maximum Gasteiger partial charge on any atom is 0.247 e. The van der Waals surface area contributed by atoms with Crippen LogP contribution in [0.4, 0.5) is 5.69 Å². The fourth-order valence-electron chi connectivity index (χ4n) is 3.14. The van der Waals surface area contributed by atoms with Gasteiger partial charge in [-0.2, -0.15) is 0 Å². The van der Waals surface area contributed by atoms with E-state index in [1.807, 2.05) is 18.2 Å². The van der Waals surface area contributed by atoms with Crippen molar-refractivity contribution in [2.24, 2.45) is 0 Å². The summed E-state index contributed by atoms with van der Waals surface area (Å²) in [6.45, 7) is 1.57. The summed E-state index contributed by atoms with van der Waals surface area (Å²) in [5.41, 5.74) is 3.41. The molecule has 0 unspecified atom stereocenters. The molecule has 0 saturated heterocycles. The van der Waals surface area contributed by atoms with E-state index in [0.29, 0.717) is 29.8 Å². The monoisotopic (exact) mass is 337 g/mol. The number of para-hydroxylation sites is 1. The third-order valence-corrected chi connectivity index (χ3v) is 4.41. The molecule has 25 heavy (non-hydrogen) atoms. The van der Waals surface area contributed by atoms with E-state index < -0.39 is 0 Å². The highest BCUT2D eigenvalue weighted by molar-refractivity contribution is 5.60. The first-order valence-corrected chi connectivity index (χ1v) is 8.16. The molecule has 6 heteroatoms. The Hall–Kier alpha value is -3.02. The highest BCUT2D eigenvalue weighted by Crippen LogP contribution is 2.32. The topological polar surface area (TPSA) is 60.6 Å². The van der Waals surface area contributed by atoms with Gasteiger partial charge in [-0.1, -0.05) is 18.2 Å². The fourth-order valence-corrected chi connectivity index (χ4v) is 3.14. The number of nitrogens with zero attached hydrogens (tertiary/aromatic N) is 3. The lowest BCUT2D eigenvalue weighted by Gasteiger charge is -2.16. The number of ether oxygens (including phenoxy) is 2. The van der Waals surface area contributed by atoms with Crippen LogP contribution in [-0.2, 0) is 13.0 Å². The Kier molecular flexibility index (Phi) is 4.01. The van der Waals surface area contributed by atoms with Crippen LogP contribution >= 0.6 is 0 Å². The Morgan fingerprint density at radius 2 is 1.88 bits per heavy atom. The Labute approximate surface area is 146 Å².